The normalized spacial score (nSPS) is 37.9. The van der Waals surface area contributed by atoms with Crippen molar-refractivity contribution in [2.24, 2.45) is 17.6 Å². The first-order valence-corrected chi connectivity index (χ1v) is 9.57. The van der Waals surface area contributed by atoms with Crippen molar-refractivity contribution in [1.29, 1.82) is 0 Å². The van der Waals surface area contributed by atoms with Crippen molar-refractivity contribution < 1.29 is 48.1 Å². The number of aliphatic hydroxyl groups excluding tert-OH is 3. The molecule has 1 saturated carbocycles. The molecule has 0 heterocycles. The molecule has 3 aliphatic rings. The Morgan fingerprint density at radius 3 is 2.47 bits per heavy atom. The number of rotatable bonds is 2. The number of carbonyl (C=O) groups is 3. The second-order valence-corrected chi connectivity index (χ2v) is 8.20. The molecular weight excluding hydrogens is 420 g/mol. The summed E-state index contributed by atoms with van der Waals surface area (Å²) < 4.78 is 46.7. The molecule has 6 atom stereocenters. The monoisotopic (exact) mass is 450 g/mol. The number of aliphatic hydroxyl groups is 4. The second-order valence-electron chi connectivity index (χ2n) is 8.20. The van der Waals surface area contributed by atoms with Crippen LogP contribution in [-0.4, -0.2) is 79.6 Å². The minimum absolute atomic E-state index is 0.206. The van der Waals surface area contributed by atoms with Crippen LogP contribution >= 0.6 is 0 Å². The third-order valence-corrected chi connectivity index (χ3v) is 6.72. The van der Waals surface area contributed by atoms with Gasteiger partial charge in [0.1, 0.15) is 22.8 Å². The SMILES string of the molecule is [2H]C([2H])([2H])N([C@H]1C(=O)C(C(N)=O)=C(O)[C@]2(O)C(=O)C3=C(O)c4c(O)cccc4[C@@H](C)[C@@H]3[C@@H](O)[C@H]12)C([2H])([2H])[2H]. The molecule has 10 heteroatoms. The highest BCUT2D eigenvalue weighted by molar-refractivity contribution is 6.24. The van der Waals surface area contributed by atoms with Gasteiger partial charge >= 0.3 is 0 Å². The number of primary amides is 1. The lowest BCUT2D eigenvalue weighted by molar-refractivity contribution is -0.169. The van der Waals surface area contributed by atoms with E-state index in [2.05, 4.69) is 0 Å². The number of phenolic OH excluding ortho intramolecular Hbond substituents is 1. The number of nitrogens with two attached hydrogens (primary N) is 1. The van der Waals surface area contributed by atoms with Crippen LogP contribution in [0.5, 0.6) is 5.75 Å². The van der Waals surface area contributed by atoms with Crippen molar-refractivity contribution in [3.63, 3.8) is 0 Å². The number of hydrogen-bond acceptors (Lipinski definition) is 9. The number of carbonyl (C=O) groups excluding carboxylic acids is 3. The molecule has 0 saturated heterocycles. The first-order valence-electron chi connectivity index (χ1n) is 12.6. The largest absolute Gasteiger partial charge is 0.508 e. The zero-order valence-corrected chi connectivity index (χ0v) is 16.6. The van der Waals surface area contributed by atoms with Gasteiger partial charge in [-0.15, -0.1) is 0 Å². The Kier molecular flexibility index (Phi) is 3.35. The minimum Gasteiger partial charge on any atom is -0.508 e. The first kappa shape index (κ1) is 15.6. The van der Waals surface area contributed by atoms with Crippen molar-refractivity contribution in [1.82, 2.24) is 4.90 Å². The summed E-state index contributed by atoms with van der Waals surface area (Å²) in [5.74, 6) is -12.6. The lowest BCUT2D eigenvalue weighted by atomic mass is 9.54. The van der Waals surface area contributed by atoms with Gasteiger partial charge in [-0.05, 0) is 31.5 Å². The molecule has 3 aliphatic carbocycles. The third-order valence-electron chi connectivity index (χ3n) is 6.72. The number of benzene rings is 1. The maximum atomic E-state index is 13.9. The molecule has 7 N–H and O–H groups in total. The molecule has 1 aromatic carbocycles. The number of fused-ring (bicyclic) bond motifs is 3. The van der Waals surface area contributed by atoms with Crippen LogP contribution in [0, 0.1) is 11.8 Å². The Morgan fingerprint density at radius 1 is 1.22 bits per heavy atom. The second kappa shape index (κ2) is 6.89. The van der Waals surface area contributed by atoms with Crippen molar-refractivity contribution in [3.8, 4) is 5.75 Å². The van der Waals surface area contributed by atoms with Crippen LogP contribution in [0.25, 0.3) is 5.76 Å². The van der Waals surface area contributed by atoms with E-state index in [-0.39, 0.29) is 16.0 Å². The number of Topliss-reactive ketones (excluding diaryl/α,β-unsaturated/α-hetero) is 2. The highest BCUT2D eigenvalue weighted by Crippen LogP contribution is 2.55. The topological polar surface area (TPSA) is 182 Å². The van der Waals surface area contributed by atoms with Crippen molar-refractivity contribution >= 4 is 23.2 Å². The van der Waals surface area contributed by atoms with Gasteiger partial charge in [-0.3, -0.25) is 19.3 Å². The summed E-state index contributed by atoms with van der Waals surface area (Å²) in [5.41, 5.74) is -0.342. The van der Waals surface area contributed by atoms with E-state index in [0.717, 1.165) is 0 Å². The molecule has 0 spiro atoms. The molecule has 170 valence electrons. The number of aromatic hydroxyl groups is 1. The molecule has 1 amide bonds. The summed E-state index contributed by atoms with van der Waals surface area (Å²) in [4.78, 5) is 39.2. The standard InChI is InChI=1S/C22H24N2O8/c1-7-8-5-4-6-9(25)11(8)16(26)12-10(7)17(27)14-15(24(2)3)18(28)13(21(23)31)20(30)22(14,32)19(12)29/h4-7,10,14-15,17,25-27,30,32H,1-3H3,(H2,23,31)/t7-,10+,14+,15-,17-,22-/m1/s1/i2D3,3D3. The van der Waals surface area contributed by atoms with Crippen LogP contribution < -0.4 is 5.73 Å². The zero-order valence-electron chi connectivity index (χ0n) is 22.6. The van der Waals surface area contributed by atoms with E-state index >= 15 is 0 Å². The zero-order chi connectivity index (χ0) is 28.9. The van der Waals surface area contributed by atoms with E-state index in [0.29, 0.717) is 0 Å². The summed E-state index contributed by atoms with van der Waals surface area (Å²) in [6.07, 6.45) is -2.14. The summed E-state index contributed by atoms with van der Waals surface area (Å²) in [7, 11) is 0. The van der Waals surface area contributed by atoms with E-state index in [1.165, 1.54) is 25.1 Å². The smallest absolute Gasteiger partial charge is 0.255 e. The van der Waals surface area contributed by atoms with Gasteiger partial charge in [-0.1, -0.05) is 19.1 Å². The maximum Gasteiger partial charge on any atom is 0.255 e. The number of likely N-dealkylation sites (N-methyl/N-ethyl adjacent to an activating group) is 1. The molecule has 1 aromatic rings. The Labute approximate surface area is 191 Å². The lowest BCUT2D eigenvalue weighted by Gasteiger charge is -2.53. The van der Waals surface area contributed by atoms with Gasteiger partial charge in [0.2, 0.25) is 5.78 Å². The molecule has 1 fully saturated rings. The van der Waals surface area contributed by atoms with E-state index in [4.69, 9.17) is 14.0 Å². The number of hydrogen-bond donors (Lipinski definition) is 6. The molecule has 4 rings (SSSR count). The number of amides is 1. The fraction of sp³-hybridized carbons (Fsp3) is 0.409. The molecule has 0 unspecified atom stereocenters. The van der Waals surface area contributed by atoms with Gasteiger partial charge in [-0.25, -0.2) is 0 Å². The maximum absolute atomic E-state index is 13.9. The van der Waals surface area contributed by atoms with Gasteiger partial charge < -0.3 is 31.3 Å². The Balaban J connectivity index is 2.11. The third kappa shape index (κ3) is 2.48. The molecule has 0 aliphatic heterocycles. The van der Waals surface area contributed by atoms with E-state index in [1.807, 2.05) is 0 Å². The van der Waals surface area contributed by atoms with Crippen molar-refractivity contribution in [2.75, 3.05) is 14.0 Å². The summed E-state index contributed by atoms with van der Waals surface area (Å²) in [6, 6.07) is 1.52. The Hall–Kier alpha value is -3.21. The average Bonchev–Trinajstić information content (AvgIpc) is 2.76. The van der Waals surface area contributed by atoms with Gasteiger partial charge in [0, 0.05) is 19.7 Å². The van der Waals surface area contributed by atoms with Crippen LogP contribution in [0.2, 0.25) is 0 Å². The number of phenols is 1. The predicted octanol–water partition coefficient (Wildman–Crippen LogP) is -0.504. The van der Waals surface area contributed by atoms with Gasteiger partial charge in [-0.2, -0.15) is 0 Å². The Bertz CT molecular complexity index is 1320. The fourth-order valence-electron chi connectivity index (χ4n) is 5.30. The Morgan fingerprint density at radius 2 is 1.88 bits per heavy atom. The fourth-order valence-corrected chi connectivity index (χ4v) is 5.30. The lowest BCUT2D eigenvalue weighted by Crippen LogP contribution is -2.70. The van der Waals surface area contributed by atoms with Crippen LogP contribution in [0.3, 0.4) is 0 Å². The summed E-state index contributed by atoms with van der Waals surface area (Å²) >= 11 is 0. The van der Waals surface area contributed by atoms with Crippen molar-refractivity contribution in [2.45, 2.75) is 30.6 Å². The van der Waals surface area contributed by atoms with Gasteiger partial charge in [0.25, 0.3) is 5.91 Å². The van der Waals surface area contributed by atoms with Crippen molar-refractivity contribution in [3.05, 3.63) is 46.2 Å². The average molecular weight is 450 g/mol. The quantitative estimate of drug-likeness (QED) is 0.323. The molecule has 0 radical (unpaired) electrons. The predicted molar refractivity (Wildman–Crippen MR) is 110 cm³/mol. The van der Waals surface area contributed by atoms with Crippen LogP contribution in [0.4, 0.5) is 0 Å². The van der Waals surface area contributed by atoms with Crippen LogP contribution in [0.15, 0.2) is 35.1 Å². The number of ketones is 2. The summed E-state index contributed by atoms with van der Waals surface area (Å²) in [6.45, 7) is -5.72. The highest BCUT2D eigenvalue weighted by Gasteiger charge is 2.68. The minimum atomic E-state index is -3.60. The summed E-state index contributed by atoms with van der Waals surface area (Å²) in [5, 5.41) is 55.5. The molecule has 0 bridgehead atoms. The number of nitrogens with zero attached hydrogens (tertiary/aromatic N) is 1. The van der Waals surface area contributed by atoms with E-state index in [1.54, 1.807) is 0 Å². The van der Waals surface area contributed by atoms with Crippen LogP contribution in [-0.2, 0) is 14.4 Å². The van der Waals surface area contributed by atoms with Gasteiger partial charge in [0.05, 0.1) is 23.6 Å². The highest BCUT2D eigenvalue weighted by atomic mass is 16.4. The first-order chi connectivity index (χ1) is 17.3. The molecular formula is C22H24N2O8. The van der Waals surface area contributed by atoms with Gasteiger partial charge in [0.15, 0.2) is 11.4 Å². The molecule has 10 nitrogen and oxygen atoms in total. The van der Waals surface area contributed by atoms with E-state index < -0.39 is 95.3 Å². The molecule has 32 heavy (non-hydrogen) atoms. The molecule has 0 aromatic heterocycles. The van der Waals surface area contributed by atoms with Crippen LogP contribution in [0.1, 0.15) is 32.2 Å². The van der Waals surface area contributed by atoms with E-state index in [9.17, 15) is 39.9 Å².